The van der Waals surface area contributed by atoms with E-state index in [1.54, 1.807) is 32.9 Å². The number of rotatable bonds is 4. The molecule has 31 heavy (non-hydrogen) atoms. The molecule has 2 N–H and O–H groups in total. The maximum Gasteiger partial charge on any atom is 0.259 e. The number of fused-ring (bicyclic) bond motifs is 1. The number of pyridine rings is 1. The van der Waals surface area contributed by atoms with Crippen LogP contribution < -0.4 is 10.3 Å². The number of nitrogens with zero attached hydrogens (tertiary/aromatic N) is 2. The van der Waals surface area contributed by atoms with Crippen LogP contribution in [0.3, 0.4) is 0 Å². The lowest BCUT2D eigenvalue weighted by Crippen LogP contribution is -2.40. The van der Waals surface area contributed by atoms with Crippen LogP contribution in [0.2, 0.25) is 0 Å². The van der Waals surface area contributed by atoms with Crippen molar-refractivity contribution in [1.29, 1.82) is 0 Å². The van der Waals surface area contributed by atoms with E-state index in [1.165, 1.54) is 12.1 Å². The first-order valence-corrected chi connectivity index (χ1v) is 11.8. The maximum absolute atomic E-state index is 12.6. The number of aromatic amines is 1. The van der Waals surface area contributed by atoms with Crippen LogP contribution in [0.15, 0.2) is 44.5 Å². The topological polar surface area (TPSA) is 118 Å². The Balaban J connectivity index is 1.69. The van der Waals surface area contributed by atoms with E-state index in [1.807, 2.05) is 6.07 Å². The Morgan fingerprint density at radius 2 is 2.00 bits per heavy atom. The lowest BCUT2D eigenvalue weighted by atomic mass is 9.87. The smallest absolute Gasteiger partial charge is 0.259 e. The van der Waals surface area contributed by atoms with Crippen LogP contribution in [0.5, 0.6) is 0 Å². The summed E-state index contributed by atoms with van der Waals surface area (Å²) in [4.78, 5) is 20.1. The van der Waals surface area contributed by atoms with Gasteiger partial charge in [0.15, 0.2) is 0 Å². The highest BCUT2D eigenvalue weighted by atomic mass is 32.2. The summed E-state index contributed by atoms with van der Waals surface area (Å²) in [6, 6.07) is 8.12. The molecule has 1 aliphatic carbocycles. The molecule has 1 unspecified atom stereocenters. The molecular formula is C22H26N4O4S. The van der Waals surface area contributed by atoms with Gasteiger partial charge >= 0.3 is 0 Å². The van der Waals surface area contributed by atoms with Gasteiger partial charge in [-0.3, -0.25) is 4.79 Å². The molecule has 164 valence electrons. The predicted molar refractivity (Wildman–Crippen MR) is 117 cm³/mol. The standard InChI is InChI=1S/C22H26N4O4S/c1-13-7-5-8-14-12-17(20(27)23-18(13)14)19-24-21(30-25-19)15-9-6-10-16(11-15)31(28,29)26-22(2,3)4/h6,9-13,26H,5,7-8H2,1-4H3,(H,23,27). The molecule has 2 heterocycles. The molecule has 0 amide bonds. The summed E-state index contributed by atoms with van der Waals surface area (Å²) in [5, 5.41) is 3.97. The van der Waals surface area contributed by atoms with Crippen LogP contribution >= 0.6 is 0 Å². The third-order valence-corrected chi connectivity index (χ3v) is 6.99. The summed E-state index contributed by atoms with van der Waals surface area (Å²) >= 11 is 0. The Morgan fingerprint density at radius 3 is 2.74 bits per heavy atom. The van der Waals surface area contributed by atoms with Crippen molar-refractivity contribution in [3.05, 3.63) is 51.9 Å². The fourth-order valence-electron chi connectivity index (χ4n) is 3.85. The molecule has 0 aliphatic heterocycles. The van der Waals surface area contributed by atoms with E-state index in [-0.39, 0.29) is 22.2 Å². The van der Waals surface area contributed by atoms with E-state index in [4.69, 9.17) is 4.52 Å². The number of H-pyrrole nitrogens is 1. The Hall–Kier alpha value is -2.78. The predicted octanol–water partition coefficient (Wildman–Crippen LogP) is 3.61. The molecule has 1 aliphatic rings. The molecule has 0 radical (unpaired) electrons. The van der Waals surface area contributed by atoms with Crippen LogP contribution in [0.4, 0.5) is 0 Å². The number of hydrogen-bond acceptors (Lipinski definition) is 6. The normalized spacial score (nSPS) is 16.8. The van der Waals surface area contributed by atoms with Crippen LogP contribution in [-0.2, 0) is 16.4 Å². The van der Waals surface area contributed by atoms with Crippen molar-refractivity contribution in [3.63, 3.8) is 0 Å². The summed E-state index contributed by atoms with van der Waals surface area (Å²) in [7, 11) is -3.71. The van der Waals surface area contributed by atoms with Gasteiger partial charge in [-0.25, -0.2) is 13.1 Å². The fraction of sp³-hybridized carbons (Fsp3) is 0.409. The van der Waals surface area contributed by atoms with Gasteiger partial charge < -0.3 is 9.51 Å². The second-order valence-corrected chi connectivity index (χ2v) is 10.7. The van der Waals surface area contributed by atoms with Crippen molar-refractivity contribution in [2.45, 2.75) is 63.3 Å². The SMILES string of the molecule is CC1CCCc2cc(-c3noc(-c4cccc(S(=O)(=O)NC(C)(C)C)c4)n3)c(=O)[nH]c21. The highest BCUT2D eigenvalue weighted by Gasteiger charge is 2.24. The number of aromatic nitrogens is 3. The lowest BCUT2D eigenvalue weighted by molar-refractivity contribution is 0.432. The third kappa shape index (κ3) is 4.47. The Kier molecular flexibility index (Phi) is 5.35. The minimum atomic E-state index is -3.71. The maximum atomic E-state index is 12.6. The number of nitrogens with one attached hydrogen (secondary N) is 2. The zero-order valence-electron chi connectivity index (χ0n) is 18.0. The average Bonchev–Trinajstić information content (AvgIpc) is 3.17. The number of aryl methyl sites for hydroxylation is 1. The molecule has 1 aromatic carbocycles. The van der Waals surface area contributed by atoms with Crippen LogP contribution in [0.1, 0.15) is 57.7 Å². The molecule has 8 nitrogen and oxygen atoms in total. The largest absolute Gasteiger partial charge is 0.334 e. The van der Waals surface area contributed by atoms with Crippen LogP contribution in [0, 0.1) is 0 Å². The highest BCUT2D eigenvalue weighted by molar-refractivity contribution is 7.89. The molecule has 2 aromatic heterocycles. The average molecular weight is 443 g/mol. The summed E-state index contributed by atoms with van der Waals surface area (Å²) < 4.78 is 33.3. The molecule has 1 atom stereocenters. The van der Waals surface area contributed by atoms with Crippen molar-refractivity contribution < 1.29 is 12.9 Å². The molecule has 0 fully saturated rings. The number of sulfonamides is 1. The van der Waals surface area contributed by atoms with Gasteiger partial charge in [-0.15, -0.1) is 0 Å². The molecular weight excluding hydrogens is 416 g/mol. The van der Waals surface area contributed by atoms with Gasteiger partial charge in [0.1, 0.15) is 0 Å². The molecule has 3 aromatic rings. The minimum Gasteiger partial charge on any atom is -0.334 e. The van der Waals surface area contributed by atoms with Crippen LogP contribution in [0.25, 0.3) is 22.8 Å². The second kappa shape index (κ2) is 7.72. The zero-order chi connectivity index (χ0) is 22.4. The van der Waals surface area contributed by atoms with E-state index in [0.717, 1.165) is 30.5 Å². The van der Waals surface area contributed by atoms with Gasteiger partial charge in [-0.05, 0) is 75.8 Å². The van der Waals surface area contributed by atoms with Gasteiger partial charge in [-0.1, -0.05) is 18.1 Å². The van der Waals surface area contributed by atoms with E-state index < -0.39 is 15.6 Å². The van der Waals surface area contributed by atoms with E-state index in [0.29, 0.717) is 17.0 Å². The van der Waals surface area contributed by atoms with E-state index in [2.05, 4.69) is 26.8 Å². The van der Waals surface area contributed by atoms with Gasteiger partial charge in [0.25, 0.3) is 11.4 Å². The third-order valence-electron chi connectivity index (χ3n) is 5.23. The van der Waals surface area contributed by atoms with Crippen molar-refractivity contribution in [2.24, 2.45) is 0 Å². The van der Waals surface area contributed by atoms with E-state index in [9.17, 15) is 13.2 Å². The Morgan fingerprint density at radius 1 is 1.23 bits per heavy atom. The summed E-state index contributed by atoms with van der Waals surface area (Å²) in [6.07, 6.45) is 3.02. The molecule has 0 spiro atoms. The van der Waals surface area contributed by atoms with Gasteiger partial charge in [0.2, 0.25) is 15.8 Å². The van der Waals surface area contributed by atoms with Crippen molar-refractivity contribution in [3.8, 4) is 22.8 Å². The Labute approximate surface area is 181 Å². The fourth-order valence-corrected chi connectivity index (χ4v) is 5.32. The number of hydrogen-bond donors (Lipinski definition) is 2. The zero-order valence-corrected chi connectivity index (χ0v) is 18.8. The first-order chi connectivity index (χ1) is 14.5. The first-order valence-electron chi connectivity index (χ1n) is 10.3. The second-order valence-electron chi connectivity index (χ2n) is 9.05. The summed E-state index contributed by atoms with van der Waals surface area (Å²) in [5.41, 5.74) is 2.01. The minimum absolute atomic E-state index is 0.0975. The summed E-state index contributed by atoms with van der Waals surface area (Å²) in [6.45, 7) is 7.43. The van der Waals surface area contributed by atoms with Gasteiger partial charge in [-0.2, -0.15) is 4.98 Å². The molecule has 0 bridgehead atoms. The molecule has 9 heteroatoms. The molecule has 0 saturated carbocycles. The molecule has 0 saturated heterocycles. The van der Waals surface area contributed by atoms with Crippen molar-refractivity contribution in [1.82, 2.24) is 19.8 Å². The van der Waals surface area contributed by atoms with Crippen molar-refractivity contribution >= 4 is 10.0 Å². The summed E-state index contributed by atoms with van der Waals surface area (Å²) in [5.74, 6) is 0.643. The first kappa shape index (κ1) is 21.5. The van der Waals surface area contributed by atoms with E-state index >= 15 is 0 Å². The lowest BCUT2D eigenvalue weighted by Gasteiger charge is -2.21. The molecule has 4 rings (SSSR count). The highest BCUT2D eigenvalue weighted by Crippen LogP contribution is 2.31. The quantitative estimate of drug-likeness (QED) is 0.637. The van der Waals surface area contributed by atoms with Crippen LogP contribution in [-0.4, -0.2) is 29.1 Å². The van der Waals surface area contributed by atoms with Gasteiger partial charge in [0, 0.05) is 16.8 Å². The monoisotopic (exact) mass is 442 g/mol. The van der Waals surface area contributed by atoms with Crippen molar-refractivity contribution in [2.75, 3.05) is 0 Å². The Bertz CT molecular complexity index is 1290. The number of benzene rings is 1. The van der Waals surface area contributed by atoms with Gasteiger partial charge in [0.05, 0.1) is 10.5 Å².